The molecule has 7 nitrogen and oxygen atoms in total. The normalized spacial score (nSPS) is 27.9. The smallest absolute Gasteiger partial charge is 0.309 e. The number of aliphatic hydroxyl groups is 2. The number of hydrogen-bond donors (Lipinski definition) is 2. The van der Waals surface area contributed by atoms with Gasteiger partial charge in [0.2, 0.25) is 0 Å². The molecule has 0 saturated carbocycles. The lowest BCUT2D eigenvalue weighted by molar-refractivity contribution is -0.154. The number of aryl methyl sites for hydroxylation is 1. The maximum atomic E-state index is 13.1. The molecule has 0 aromatic carbocycles. The molecule has 1 aliphatic rings. The van der Waals surface area contributed by atoms with Gasteiger partial charge in [0.1, 0.15) is 29.5 Å². The molecular weight excluding hydrogens is 454 g/mol. The molecule has 2 aromatic heterocycles. The first-order valence-electron chi connectivity index (χ1n) is 11.4. The largest absolute Gasteiger partial charge is 0.463 e. The highest BCUT2D eigenvalue weighted by atomic mass is 32.1. The molecule has 3 rings (SSSR count). The number of rotatable bonds is 2. The van der Waals surface area contributed by atoms with Crippen LogP contribution in [0.15, 0.2) is 39.7 Å². The van der Waals surface area contributed by atoms with E-state index in [1.54, 1.807) is 44.2 Å². The molecule has 1 aliphatic heterocycles. The molecule has 0 radical (unpaired) electrons. The minimum atomic E-state index is -1.27. The van der Waals surface area contributed by atoms with Crippen LogP contribution in [-0.4, -0.2) is 39.2 Å². The van der Waals surface area contributed by atoms with Crippen molar-refractivity contribution in [2.75, 3.05) is 0 Å². The van der Waals surface area contributed by atoms with Gasteiger partial charge in [0.15, 0.2) is 0 Å². The summed E-state index contributed by atoms with van der Waals surface area (Å²) < 4.78 is 11.5. The molecular formula is C26H33NO6S. The average molecular weight is 488 g/mol. The van der Waals surface area contributed by atoms with E-state index in [0.29, 0.717) is 24.4 Å². The van der Waals surface area contributed by atoms with Gasteiger partial charge in [0.25, 0.3) is 0 Å². The van der Waals surface area contributed by atoms with E-state index in [4.69, 9.17) is 9.15 Å². The molecule has 34 heavy (non-hydrogen) atoms. The highest BCUT2D eigenvalue weighted by Crippen LogP contribution is 2.34. The standard InChI is InChI=1S/C26H33NO6S/c1-15(12-18-14-34-17(3)27-18)20-9-7-6-8-19-10-11-21(32-19)24(30)16(2)25(31)26(4,5)22(28)13-23(29)33-20/h6-7,10-12,14,16,20,22,24,28,30H,8-9,13H2,1-5H3/b7-6-,15-12+/t16-,20?,22+,24-/m1/s1. The van der Waals surface area contributed by atoms with Crippen molar-refractivity contribution in [3.8, 4) is 0 Å². The van der Waals surface area contributed by atoms with Crippen LogP contribution in [-0.2, 0) is 20.7 Å². The number of cyclic esters (lactones) is 1. The summed E-state index contributed by atoms with van der Waals surface area (Å²) in [5, 5.41) is 24.4. The quantitative estimate of drug-likeness (QED) is 0.471. The summed E-state index contributed by atoms with van der Waals surface area (Å²) in [7, 11) is 0. The summed E-state index contributed by atoms with van der Waals surface area (Å²) in [6.07, 6.45) is 3.34. The van der Waals surface area contributed by atoms with Crippen molar-refractivity contribution in [1.29, 1.82) is 0 Å². The summed E-state index contributed by atoms with van der Waals surface area (Å²) in [6, 6.07) is 3.43. The first kappa shape index (κ1) is 26.1. The molecule has 2 N–H and O–H groups in total. The number of fused-ring (bicyclic) bond motifs is 2. The zero-order valence-electron chi connectivity index (χ0n) is 20.3. The van der Waals surface area contributed by atoms with Crippen molar-refractivity contribution in [2.45, 2.75) is 72.2 Å². The Labute approximate surface area is 204 Å². The van der Waals surface area contributed by atoms with Gasteiger partial charge in [-0.3, -0.25) is 9.59 Å². The average Bonchev–Trinajstić information content (AvgIpc) is 3.42. The summed E-state index contributed by atoms with van der Waals surface area (Å²) in [5.41, 5.74) is 0.352. The summed E-state index contributed by atoms with van der Waals surface area (Å²) >= 11 is 1.54. The Morgan fingerprint density at radius 2 is 1.97 bits per heavy atom. The van der Waals surface area contributed by atoms with Crippen LogP contribution < -0.4 is 0 Å². The number of furan rings is 1. The number of ether oxygens (including phenoxy) is 1. The van der Waals surface area contributed by atoms with Crippen LogP contribution in [0.2, 0.25) is 0 Å². The maximum absolute atomic E-state index is 13.1. The Morgan fingerprint density at radius 1 is 1.24 bits per heavy atom. The van der Waals surface area contributed by atoms with Gasteiger partial charge in [-0.25, -0.2) is 4.98 Å². The van der Waals surface area contributed by atoms with Crippen molar-refractivity contribution in [3.05, 3.63) is 57.5 Å². The third kappa shape index (κ3) is 6.11. The Kier molecular flexibility index (Phi) is 8.28. The molecule has 8 heteroatoms. The first-order chi connectivity index (χ1) is 16.0. The first-order valence-corrected chi connectivity index (χ1v) is 12.3. The number of thiazole rings is 1. The van der Waals surface area contributed by atoms with E-state index < -0.39 is 35.6 Å². The third-order valence-electron chi connectivity index (χ3n) is 6.32. The van der Waals surface area contributed by atoms with Crippen LogP contribution in [0.3, 0.4) is 0 Å². The second-order valence-corrected chi connectivity index (χ2v) is 10.5. The SMILES string of the molecule is C/C(=C\c1csc(C)n1)C1C/C=C\Cc2ccc(o2)[C@H](O)[C@@H](C)C(=O)C(C)(C)[C@@H](O)CC(=O)O1. The lowest BCUT2D eigenvalue weighted by atomic mass is 9.74. The minimum Gasteiger partial charge on any atom is -0.463 e. The van der Waals surface area contributed by atoms with Crippen molar-refractivity contribution in [3.63, 3.8) is 0 Å². The molecule has 0 aliphatic carbocycles. The number of carbonyl (C=O) groups is 2. The topological polar surface area (TPSA) is 110 Å². The van der Waals surface area contributed by atoms with Crippen molar-refractivity contribution >= 4 is 29.2 Å². The number of nitrogens with zero attached hydrogens (tertiary/aromatic N) is 1. The van der Waals surface area contributed by atoms with Gasteiger partial charge < -0.3 is 19.4 Å². The lowest BCUT2D eigenvalue weighted by Crippen LogP contribution is -2.43. The molecule has 2 bridgehead atoms. The van der Waals surface area contributed by atoms with E-state index in [0.717, 1.165) is 16.3 Å². The van der Waals surface area contributed by atoms with Gasteiger partial charge in [-0.15, -0.1) is 11.3 Å². The highest BCUT2D eigenvalue weighted by molar-refractivity contribution is 7.09. The van der Waals surface area contributed by atoms with Crippen LogP contribution >= 0.6 is 11.3 Å². The van der Waals surface area contributed by atoms with Gasteiger partial charge in [-0.1, -0.05) is 32.9 Å². The molecule has 3 heterocycles. The highest BCUT2D eigenvalue weighted by Gasteiger charge is 2.42. The van der Waals surface area contributed by atoms with Gasteiger partial charge in [0.05, 0.1) is 28.6 Å². The number of carbonyl (C=O) groups excluding carboxylic acids is 2. The van der Waals surface area contributed by atoms with Crippen LogP contribution in [0, 0.1) is 18.3 Å². The predicted molar refractivity (Wildman–Crippen MR) is 130 cm³/mol. The number of Topliss-reactive ketones (excluding diaryl/α,β-unsaturated/α-hetero) is 1. The van der Waals surface area contributed by atoms with Crippen molar-refractivity contribution in [1.82, 2.24) is 4.98 Å². The lowest BCUT2D eigenvalue weighted by Gasteiger charge is -2.32. The second-order valence-electron chi connectivity index (χ2n) is 9.41. The van der Waals surface area contributed by atoms with Crippen LogP contribution in [0.4, 0.5) is 0 Å². The molecule has 2 aromatic rings. The maximum Gasteiger partial charge on any atom is 0.309 e. The fourth-order valence-electron chi connectivity index (χ4n) is 3.94. The monoisotopic (exact) mass is 487 g/mol. The molecule has 184 valence electrons. The zero-order valence-corrected chi connectivity index (χ0v) is 21.1. The Hall–Kier alpha value is -2.55. The van der Waals surface area contributed by atoms with Crippen molar-refractivity contribution < 1.29 is 29.0 Å². The van der Waals surface area contributed by atoms with Crippen molar-refractivity contribution in [2.24, 2.45) is 11.3 Å². The predicted octanol–water partition coefficient (Wildman–Crippen LogP) is 4.58. The van der Waals surface area contributed by atoms with Gasteiger partial charge in [0, 0.05) is 24.1 Å². The Bertz CT molecular complexity index is 1080. The number of aromatic nitrogens is 1. The number of allylic oxidation sites excluding steroid dienone is 1. The summed E-state index contributed by atoms with van der Waals surface area (Å²) in [6.45, 7) is 8.54. The number of aliphatic hydroxyl groups excluding tert-OH is 2. The van der Waals surface area contributed by atoms with Gasteiger partial charge >= 0.3 is 5.97 Å². The minimum absolute atomic E-state index is 0.302. The van der Waals surface area contributed by atoms with E-state index in [-0.39, 0.29) is 12.2 Å². The fraction of sp³-hybridized carbons (Fsp3) is 0.500. The molecule has 0 fully saturated rings. The van der Waals surface area contributed by atoms with Crippen LogP contribution in [0.25, 0.3) is 6.08 Å². The molecule has 0 amide bonds. The van der Waals surface area contributed by atoms with Gasteiger partial charge in [-0.05, 0) is 37.6 Å². The third-order valence-corrected chi connectivity index (χ3v) is 7.11. The van der Waals surface area contributed by atoms with Gasteiger partial charge in [-0.2, -0.15) is 0 Å². The zero-order chi connectivity index (χ0) is 25.0. The molecule has 1 unspecified atom stereocenters. The van der Waals surface area contributed by atoms with Crippen LogP contribution in [0.1, 0.15) is 68.9 Å². The molecule has 0 saturated heterocycles. The molecule has 4 atom stereocenters. The van der Waals surface area contributed by atoms with Crippen LogP contribution in [0.5, 0.6) is 0 Å². The number of hydrogen-bond acceptors (Lipinski definition) is 8. The summed E-state index contributed by atoms with van der Waals surface area (Å²) in [4.78, 5) is 30.4. The van der Waals surface area contributed by atoms with E-state index in [2.05, 4.69) is 4.98 Å². The fourth-order valence-corrected chi connectivity index (χ4v) is 4.51. The number of ketones is 1. The Balaban J connectivity index is 1.91. The van der Waals surface area contributed by atoms with E-state index in [9.17, 15) is 19.8 Å². The molecule has 0 spiro atoms. The second kappa shape index (κ2) is 10.8. The number of esters is 1. The Morgan fingerprint density at radius 3 is 2.65 bits per heavy atom. The summed E-state index contributed by atoms with van der Waals surface area (Å²) in [5.74, 6) is -0.839. The van der Waals surface area contributed by atoms with E-state index in [1.165, 1.54) is 0 Å². The van der Waals surface area contributed by atoms with E-state index in [1.807, 2.05) is 37.5 Å². The van der Waals surface area contributed by atoms with E-state index >= 15 is 0 Å².